The van der Waals surface area contributed by atoms with Crippen LogP contribution in [0.5, 0.6) is 0 Å². The van der Waals surface area contributed by atoms with Gasteiger partial charge in [-0.05, 0) is 43.2 Å². The number of hydrogen-bond acceptors (Lipinski definition) is 7. The highest BCUT2D eigenvalue weighted by molar-refractivity contribution is 5.83. The molecule has 0 radical (unpaired) electrons. The van der Waals surface area contributed by atoms with Gasteiger partial charge in [-0.3, -0.25) is 4.79 Å². The predicted molar refractivity (Wildman–Crippen MR) is 97.2 cm³/mol. The summed E-state index contributed by atoms with van der Waals surface area (Å²) >= 11 is 0. The molecule has 1 aromatic rings. The van der Waals surface area contributed by atoms with Gasteiger partial charge in [-0.15, -0.1) is 0 Å². The van der Waals surface area contributed by atoms with E-state index in [1.165, 1.54) is 7.11 Å². The summed E-state index contributed by atoms with van der Waals surface area (Å²) in [6.07, 6.45) is 7.18. The first kappa shape index (κ1) is 17.7. The Balaban J connectivity index is 1.52. The number of esters is 2. The van der Waals surface area contributed by atoms with E-state index in [0.717, 1.165) is 17.6 Å². The van der Waals surface area contributed by atoms with Crippen LogP contribution in [0.25, 0.3) is 0 Å². The van der Waals surface area contributed by atoms with Crippen molar-refractivity contribution in [2.75, 3.05) is 7.11 Å². The summed E-state index contributed by atoms with van der Waals surface area (Å²) < 4.78 is 28.8. The summed E-state index contributed by atoms with van der Waals surface area (Å²) in [7, 11) is 1.43. The number of fused-ring (bicyclic) bond motifs is 2. The average Bonchev–Trinajstić information content (AvgIpc) is 3.31. The number of cyclic esters (lactones) is 1. The average molecular weight is 400 g/mol. The van der Waals surface area contributed by atoms with Crippen LogP contribution in [0.4, 0.5) is 0 Å². The molecule has 6 aliphatic rings. The maximum Gasteiger partial charge on any atom is 0.339 e. The molecule has 7 atom stereocenters. The smallest absolute Gasteiger partial charge is 0.339 e. The van der Waals surface area contributed by atoms with Crippen LogP contribution in [-0.2, 0) is 28.5 Å². The van der Waals surface area contributed by atoms with E-state index in [-0.39, 0.29) is 36.5 Å². The molecule has 1 aromatic heterocycles. The van der Waals surface area contributed by atoms with Crippen LogP contribution in [-0.4, -0.2) is 37.0 Å². The summed E-state index contributed by atoms with van der Waals surface area (Å²) in [6.45, 7) is 2.14. The summed E-state index contributed by atoms with van der Waals surface area (Å²) in [4.78, 5) is 25.9. The van der Waals surface area contributed by atoms with E-state index >= 15 is 0 Å². The fourth-order valence-electron chi connectivity index (χ4n) is 6.98. The maximum atomic E-state index is 13.5. The van der Waals surface area contributed by atoms with Crippen LogP contribution in [0.15, 0.2) is 34.7 Å². The lowest BCUT2D eigenvalue weighted by Gasteiger charge is -2.62. The first-order valence-electron chi connectivity index (χ1n) is 10.3. The molecule has 1 unspecified atom stereocenters. The summed E-state index contributed by atoms with van der Waals surface area (Å²) in [5, 5.41) is 0. The monoisotopic (exact) mass is 400 g/mol. The second-order valence-electron chi connectivity index (χ2n) is 9.34. The molecule has 7 nitrogen and oxygen atoms in total. The number of rotatable bonds is 3. The van der Waals surface area contributed by atoms with Gasteiger partial charge in [0.2, 0.25) is 0 Å². The van der Waals surface area contributed by atoms with Crippen LogP contribution in [0.1, 0.15) is 50.7 Å². The van der Waals surface area contributed by atoms with Gasteiger partial charge in [-0.1, -0.05) is 13.0 Å². The van der Waals surface area contributed by atoms with Crippen LogP contribution in [0, 0.1) is 16.7 Å². The van der Waals surface area contributed by atoms with E-state index in [0.29, 0.717) is 19.3 Å². The van der Waals surface area contributed by atoms with Crippen LogP contribution < -0.4 is 0 Å². The zero-order valence-electron chi connectivity index (χ0n) is 16.5. The molecule has 0 amide bonds. The molecule has 1 spiro atoms. The van der Waals surface area contributed by atoms with Gasteiger partial charge < -0.3 is 23.4 Å². The van der Waals surface area contributed by atoms with Crippen molar-refractivity contribution in [2.24, 2.45) is 16.7 Å². The van der Waals surface area contributed by atoms with E-state index in [2.05, 4.69) is 13.0 Å². The van der Waals surface area contributed by atoms with Gasteiger partial charge in [-0.25, -0.2) is 4.79 Å². The van der Waals surface area contributed by atoms with Crippen molar-refractivity contribution in [2.45, 2.75) is 63.1 Å². The SMILES string of the molecule is COC(=O)C[C@@]12CC[C@@]34OC5O[C@H](C=C51)C[C@H]2[C@]3(C)C[C@@H](c1ccoc1)OC4=O. The summed E-state index contributed by atoms with van der Waals surface area (Å²) in [6, 6.07) is 1.84. The fraction of sp³-hybridized carbons (Fsp3) is 0.636. The van der Waals surface area contributed by atoms with Gasteiger partial charge in [0.1, 0.15) is 6.10 Å². The topological polar surface area (TPSA) is 84.2 Å². The molecule has 1 saturated carbocycles. The summed E-state index contributed by atoms with van der Waals surface area (Å²) in [5.41, 5.74) is -0.0910. The van der Waals surface area contributed by atoms with Gasteiger partial charge in [0.05, 0.1) is 32.2 Å². The van der Waals surface area contributed by atoms with Crippen molar-refractivity contribution in [3.8, 4) is 0 Å². The lowest BCUT2D eigenvalue weighted by Crippen LogP contribution is -2.67. The molecule has 5 heterocycles. The van der Waals surface area contributed by atoms with E-state index in [4.69, 9.17) is 23.4 Å². The Morgan fingerprint density at radius 1 is 1.34 bits per heavy atom. The highest BCUT2D eigenvalue weighted by Crippen LogP contribution is 2.73. The molecule has 0 aromatic carbocycles. The number of ether oxygens (including phenoxy) is 4. The highest BCUT2D eigenvalue weighted by atomic mass is 16.7. The Hall–Kier alpha value is -2.12. The standard InChI is InChI=1S/C22H24O7/c1-20-9-15(12-3-6-26-11-12)28-19(24)22(20)5-4-21(10-17(23)25-2)14-7-13(8-16(20)21)27-18(14)29-22/h3,6-7,11,13,15-16,18H,4-5,8-10H2,1-2H3/t13-,15+,16+,18?,20+,21+,22+/m1/s1. The van der Waals surface area contributed by atoms with Gasteiger partial charge in [0, 0.05) is 16.4 Å². The zero-order chi connectivity index (χ0) is 20.0. The number of methoxy groups -OCH3 is 1. The van der Waals surface area contributed by atoms with Crippen molar-refractivity contribution >= 4 is 11.9 Å². The molecule has 5 bridgehead atoms. The minimum absolute atomic E-state index is 0.0379. The predicted octanol–water partition coefficient (Wildman–Crippen LogP) is 3.06. The fourth-order valence-corrected chi connectivity index (χ4v) is 6.98. The van der Waals surface area contributed by atoms with E-state index in [1.54, 1.807) is 12.5 Å². The molecule has 154 valence electrons. The molecule has 2 aliphatic carbocycles. The van der Waals surface area contributed by atoms with Crippen LogP contribution in [0.2, 0.25) is 0 Å². The molecule has 0 N–H and O–H groups in total. The second kappa shape index (κ2) is 5.52. The van der Waals surface area contributed by atoms with Crippen molar-refractivity contribution in [1.29, 1.82) is 0 Å². The largest absolute Gasteiger partial charge is 0.472 e. The lowest BCUT2D eigenvalue weighted by molar-refractivity contribution is -0.289. The third-order valence-corrected chi connectivity index (χ3v) is 8.34. The van der Waals surface area contributed by atoms with E-state index < -0.39 is 22.7 Å². The maximum absolute atomic E-state index is 13.5. The van der Waals surface area contributed by atoms with Crippen molar-refractivity contribution in [3.05, 3.63) is 35.8 Å². The molecular weight excluding hydrogens is 376 g/mol. The minimum atomic E-state index is -1.06. The summed E-state index contributed by atoms with van der Waals surface area (Å²) in [5.74, 6) is -0.505. The number of carbonyl (C=O) groups excluding carboxylic acids is 2. The normalized spacial score (nSPS) is 46.7. The van der Waals surface area contributed by atoms with E-state index in [9.17, 15) is 9.59 Å². The quantitative estimate of drug-likeness (QED) is 0.569. The number of carbonyl (C=O) groups is 2. The Bertz CT molecular complexity index is 920. The third kappa shape index (κ3) is 2.00. The Labute approximate surface area is 168 Å². The minimum Gasteiger partial charge on any atom is -0.472 e. The Morgan fingerprint density at radius 3 is 2.97 bits per heavy atom. The molecule has 3 saturated heterocycles. The molecule has 7 heteroatoms. The van der Waals surface area contributed by atoms with Crippen molar-refractivity contribution < 1.29 is 33.0 Å². The van der Waals surface area contributed by atoms with Gasteiger partial charge in [0.15, 0.2) is 11.9 Å². The molecular formula is C22H24O7. The Kier molecular flexibility index (Phi) is 3.37. The number of hydrogen-bond donors (Lipinski definition) is 0. The second-order valence-corrected chi connectivity index (χ2v) is 9.34. The van der Waals surface area contributed by atoms with Crippen LogP contribution >= 0.6 is 0 Å². The van der Waals surface area contributed by atoms with Gasteiger partial charge in [0.25, 0.3) is 0 Å². The first-order chi connectivity index (χ1) is 13.9. The first-order valence-corrected chi connectivity index (χ1v) is 10.3. The van der Waals surface area contributed by atoms with Crippen molar-refractivity contribution in [3.63, 3.8) is 0 Å². The molecule has 4 aliphatic heterocycles. The zero-order valence-corrected chi connectivity index (χ0v) is 16.5. The van der Waals surface area contributed by atoms with Gasteiger partial charge in [-0.2, -0.15) is 0 Å². The Morgan fingerprint density at radius 2 is 2.21 bits per heavy atom. The van der Waals surface area contributed by atoms with Crippen molar-refractivity contribution in [1.82, 2.24) is 0 Å². The van der Waals surface area contributed by atoms with Crippen LogP contribution in [0.3, 0.4) is 0 Å². The highest BCUT2D eigenvalue weighted by Gasteiger charge is 2.76. The molecule has 4 fully saturated rings. The van der Waals surface area contributed by atoms with Gasteiger partial charge >= 0.3 is 11.9 Å². The third-order valence-electron chi connectivity index (χ3n) is 8.34. The lowest BCUT2D eigenvalue weighted by atomic mass is 9.43. The number of furan rings is 1. The molecule has 7 rings (SSSR count). The van der Waals surface area contributed by atoms with E-state index in [1.807, 2.05) is 6.07 Å². The molecule has 29 heavy (non-hydrogen) atoms.